The molecule has 0 bridgehead atoms. The van der Waals surface area contributed by atoms with Crippen molar-refractivity contribution in [2.75, 3.05) is 6.61 Å². The number of hydrogen-bond donors (Lipinski definition) is 3. The maximum Gasteiger partial charge on any atom is 0.220 e. The number of nitrogens with one attached hydrogen (secondary N) is 1. The molecule has 0 saturated heterocycles. The highest BCUT2D eigenvalue weighted by Gasteiger charge is 2.17. The van der Waals surface area contributed by atoms with Crippen LogP contribution >= 0.6 is 0 Å². The quantitative estimate of drug-likeness (QED) is 0.0424. The number of aliphatic hydroxyl groups excluding tert-OH is 2. The third-order valence-electron chi connectivity index (χ3n) is 11.5. The van der Waals surface area contributed by atoms with E-state index in [1.54, 1.807) is 6.08 Å². The first-order valence-electron chi connectivity index (χ1n) is 25.5. The molecule has 0 rings (SSSR count). The summed E-state index contributed by atoms with van der Waals surface area (Å²) in [5, 5.41) is 22.7. The van der Waals surface area contributed by atoms with Crippen LogP contribution in [-0.2, 0) is 4.79 Å². The number of amides is 1. The van der Waals surface area contributed by atoms with Crippen LogP contribution in [-0.4, -0.2) is 34.9 Å². The summed E-state index contributed by atoms with van der Waals surface area (Å²) >= 11 is 0. The molecule has 0 radical (unpaired) electrons. The lowest BCUT2D eigenvalue weighted by Crippen LogP contribution is -2.45. The molecule has 0 aliphatic carbocycles. The number of rotatable bonds is 46. The maximum absolute atomic E-state index is 12.3. The number of aliphatic hydroxyl groups is 2. The molecule has 2 atom stereocenters. The van der Waals surface area contributed by atoms with Crippen LogP contribution in [0.2, 0.25) is 0 Å². The van der Waals surface area contributed by atoms with Crippen LogP contribution in [0.3, 0.4) is 0 Å². The van der Waals surface area contributed by atoms with E-state index in [-0.39, 0.29) is 12.5 Å². The summed E-state index contributed by atoms with van der Waals surface area (Å²) in [5.41, 5.74) is 0. The first-order chi connectivity index (χ1) is 28.7. The Morgan fingerprint density at radius 3 is 1.14 bits per heavy atom. The Bertz CT molecular complexity index is 965. The fourth-order valence-electron chi connectivity index (χ4n) is 7.64. The third-order valence-corrected chi connectivity index (χ3v) is 11.5. The van der Waals surface area contributed by atoms with E-state index in [1.807, 2.05) is 6.08 Å². The van der Waals surface area contributed by atoms with Gasteiger partial charge in [-0.3, -0.25) is 4.79 Å². The summed E-state index contributed by atoms with van der Waals surface area (Å²) in [6.07, 6.45) is 70.0. The molecule has 0 aromatic rings. The Labute approximate surface area is 362 Å². The molecule has 338 valence electrons. The number of unbranched alkanes of at least 4 members (excludes halogenated alkanes) is 31. The van der Waals surface area contributed by atoms with Crippen LogP contribution < -0.4 is 5.32 Å². The Balaban J connectivity index is 3.30. The minimum atomic E-state index is -0.833. The molecule has 0 fully saturated rings. The van der Waals surface area contributed by atoms with E-state index in [0.717, 1.165) is 51.4 Å². The van der Waals surface area contributed by atoms with Crippen molar-refractivity contribution in [2.45, 2.75) is 270 Å². The van der Waals surface area contributed by atoms with Crippen molar-refractivity contribution in [1.82, 2.24) is 5.32 Å². The second-order valence-corrected chi connectivity index (χ2v) is 17.2. The number of hydrogen-bond acceptors (Lipinski definition) is 3. The van der Waals surface area contributed by atoms with Gasteiger partial charge in [-0.1, -0.05) is 254 Å². The van der Waals surface area contributed by atoms with Crippen LogP contribution in [0.25, 0.3) is 0 Å². The highest BCUT2D eigenvalue weighted by Crippen LogP contribution is 2.17. The molecule has 0 spiro atoms. The van der Waals surface area contributed by atoms with Gasteiger partial charge in [0.25, 0.3) is 0 Å². The maximum atomic E-state index is 12.3. The summed E-state index contributed by atoms with van der Waals surface area (Å²) in [4.78, 5) is 12.3. The van der Waals surface area contributed by atoms with Crippen molar-refractivity contribution < 1.29 is 15.0 Å². The summed E-state index contributed by atoms with van der Waals surface area (Å²) in [5.74, 6) is -0.0685. The fraction of sp³-hybridized carbons (Fsp3) is 0.796. The van der Waals surface area contributed by atoms with Gasteiger partial charge in [0.2, 0.25) is 5.91 Å². The smallest absolute Gasteiger partial charge is 0.220 e. The monoisotopic (exact) mass is 810 g/mol. The van der Waals surface area contributed by atoms with E-state index < -0.39 is 12.1 Å². The van der Waals surface area contributed by atoms with Crippen LogP contribution in [0, 0.1) is 0 Å². The average molecular weight is 810 g/mol. The van der Waals surface area contributed by atoms with Crippen LogP contribution in [0.4, 0.5) is 0 Å². The molecule has 0 aromatic carbocycles. The highest BCUT2D eigenvalue weighted by atomic mass is 16.3. The van der Waals surface area contributed by atoms with Gasteiger partial charge in [0.05, 0.1) is 18.8 Å². The topological polar surface area (TPSA) is 69.6 Å². The lowest BCUT2D eigenvalue weighted by Gasteiger charge is -2.20. The standard InChI is InChI=1S/C54H99NO3/c1-3-5-7-9-10-11-12-13-14-15-16-17-18-19-20-21-22-23-24-25-26-27-28-29-30-31-32-33-34-35-36-37-38-39-40-41-42-43-44-46-48-50-54(58)55-52(51-56)53(57)49-47-45-8-6-4-2/h5,7,10-11,13-14,16-17,47,49,52-53,56-57H,3-4,6,8-9,12,15,18-46,48,50-51H2,1-2H3,(H,55,58)/b7-5-,11-10-,14-13-,17-16-,49-47+. The van der Waals surface area contributed by atoms with Gasteiger partial charge in [0.15, 0.2) is 0 Å². The average Bonchev–Trinajstić information content (AvgIpc) is 3.23. The molecule has 3 N–H and O–H groups in total. The Morgan fingerprint density at radius 2 is 0.759 bits per heavy atom. The molecule has 2 unspecified atom stereocenters. The van der Waals surface area contributed by atoms with Crippen molar-refractivity contribution in [2.24, 2.45) is 0 Å². The molecular weight excluding hydrogens is 711 g/mol. The molecule has 4 heteroatoms. The van der Waals surface area contributed by atoms with Crippen LogP contribution in [0.5, 0.6) is 0 Å². The second-order valence-electron chi connectivity index (χ2n) is 17.2. The molecule has 1 amide bonds. The third kappa shape index (κ3) is 45.2. The predicted octanol–water partition coefficient (Wildman–Crippen LogP) is 16.5. The van der Waals surface area contributed by atoms with Gasteiger partial charge in [-0.05, 0) is 57.8 Å². The molecular formula is C54H99NO3. The van der Waals surface area contributed by atoms with E-state index in [9.17, 15) is 15.0 Å². The first-order valence-corrected chi connectivity index (χ1v) is 25.5. The van der Waals surface area contributed by atoms with Crippen molar-refractivity contribution in [1.29, 1.82) is 0 Å². The molecule has 0 heterocycles. The minimum Gasteiger partial charge on any atom is -0.394 e. The van der Waals surface area contributed by atoms with Crippen molar-refractivity contribution >= 4 is 5.91 Å². The molecule has 4 nitrogen and oxygen atoms in total. The van der Waals surface area contributed by atoms with E-state index in [1.165, 1.54) is 186 Å². The van der Waals surface area contributed by atoms with Gasteiger partial charge in [-0.25, -0.2) is 0 Å². The van der Waals surface area contributed by atoms with Gasteiger partial charge < -0.3 is 15.5 Å². The SMILES string of the molecule is CC/C=C\C/C=C\C/C=C\C/C=C\CCCCCCCCCCCCCCCCCCCCCCCCCCCCCCC(=O)NC(CO)C(O)/C=C/CCCCC. The molecule has 0 aliphatic rings. The van der Waals surface area contributed by atoms with Gasteiger partial charge in [0.1, 0.15) is 0 Å². The Morgan fingerprint density at radius 1 is 0.431 bits per heavy atom. The normalized spacial score (nSPS) is 13.4. The highest BCUT2D eigenvalue weighted by molar-refractivity contribution is 5.76. The number of carbonyl (C=O) groups is 1. The number of carbonyl (C=O) groups excluding carboxylic acids is 1. The largest absolute Gasteiger partial charge is 0.394 e. The summed E-state index contributed by atoms with van der Waals surface area (Å²) in [6.45, 7) is 4.10. The Kier molecular flexibility index (Phi) is 47.8. The summed E-state index contributed by atoms with van der Waals surface area (Å²) < 4.78 is 0. The van der Waals surface area contributed by atoms with E-state index in [2.05, 4.69) is 67.8 Å². The summed E-state index contributed by atoms with van der Waals surface area (Å²) in [6, 6.07) is -0.616. The zero-order chi connectivity index (χ0) is 42.1. The molecule has 58 heavy (non-hydrogen) atoms. The fourth-order valence-corrected chi connectivity index (χ4v) is 7.64. The van der Waals surface area contributed by atoms with Gasteiger partial charge in [-0.2, -0.15) is 0 Å². The minimum absolute atomic E-state index is 0.0685. The second kappa shape index (κ2) is 49.5. The van der Waals surface area contributed by atoms with Crippen LogP contribution in [0.15, 0.2) is 60.8 Å². The van der Waals surface area contributed by atoms with E-state index in [0.29, 0.717) is 6.42 Å². The molecule has 0 saturated carbocycles. The molecule has 0 aromatic heterocycles. The van der Waals surface area contributed by atoms with E-state index >= 15 is 0 Å². The van der Waals surface area contributed by atoms with Crippen LogP contribution in [0.1, 0.15) is 258 Å². The zero-order valence-corrected chi connectivity index (χ0v) is 38.8. The van der Waals surface area contributed by atoms with Crippen molar-refractivity contribution in [3.63, 3.8) is 0 Å². The van der Waals surface area contributed by atoms with Gasteiger partial charge in [-0.15, -0.1) is 0 Å². The zero-order valence-electron chi connectivity index (χ0n) is 38.8. The molecule has 0 aliphatic heterocycles. The van der Waals surface area contributed by atoms with Crippen molar-refractivity contribution in [3.8, 4) is 0 Å². The van der Waals surface area contributed by atoms with Crippen molar-refractivity contribution in [3.05, 3.63) is 60.8 Å². The first kappa shape index (κ1) is 56.1. The summed E-state index contributed by atoms with van der Waals surface area (Å²) in [7, 11) is 0. The lowest BCUT2D eigenvalue weighted by atomic mass is 10.0. The van der Waals surface area contributed by atoms with Gasteiger partial charge in [0, 0.05) is 6.42 Å². The Hall–Kier alpha value is -1.91. The lowest BCUT2D eigenvalue weighted by molar-refractivity contribution is -0.123. The van der Waals surface area contributed by atoms with E-state index in [4.69, 9.17) is 0 Å². The number of allylic oxidation sites excluding steroid dienone is 9. The predicted molar refractivity (Wildman–Crippen MR) is 258 cm³/mol. The van der Waals surface area contributed by atoms with Gasteiger partial charge >= 0.3 is 0 Å².